The summed E-state index contributed by atoms with van der Waals surface area (Å²) in [6.45, 7) is 7.93. The highest BCUT2D eigenvalue weighted by Gasteiger charge is 2.43. The Morgan fingerprint density at radius 3 is 2.23 bits per heavy atom. The summed E-state index contributed by atoms with van der Waals surface area (Å²) in [7, 11) is 1.59. The number of fused-ring (bicyclic) bond motifs is 1. The summed E-state index contributed by atoms with van der Waals surface area (Å²) in [4.78, 5) is 39.4. The van der Waals surface area contributed by atoms with Crippen LogP contribution in [0.4, 0.5) is 4.79 Å². The predicted molar refractivity (Wildman–Crippen MR) is 183 cm³/mol. The molecular formula is C38H55N3O6. The number of rotatable bonds is 13. The Morgan fingerprint density at radius 2 is 1.60 bits per heavy atom. The van der Waals surface area contributed by atoms with Crippen LogP contribution < -0.4 is 20.7 Å². The molecule has 2 aliphatic rings. The second-order valence-corrected chi connectivity index (χ2v) is 14.7. The maximum atomic E-state index is 13.6. The van der Waals surface area contributed by atoms with E-state index in [-0.39, 0.29) is 42.3 Å². The van der Waals surface area contributed by atoms with Gasteiger partial charge in [-0.2, -0.15) is 0 Å². The molecule has 9 heteroatoms. The van der Waals surface area contributed by atoms with Gasteiger partial charge >= 0.3 is 6.09 Å². The van der Waals surface area contributed by atoms with E-state index < -0.39 is 24.2 Å². The number of methoxy groups -OCH3 is 1. The van der Waals surface area contributed by atoms with Gasteiger partial charge < -0.3 is 30.5 Å². The molecule has 258 valence electrons. The number of nitrogens with one attached hydrogen (secondary N) is 3. The van der Waals surface area contributed by atoms with Crippen molar-refractivity contribution in [2.24, 2.45) is 29.6 Å². The van der Waals surface area contributed by atoms with Gasteiger partial charge in [-0.15, -0.1) is 0 Å². The molecule has 9 nitrogen and oxygen atoms in total. The van der Waals surface area contributed by atoms with Gasteiger partial charge in [-0.05, 0) is 87.5 Å². The average molecular weight is 650 g/mol. The van der Waals surface area contributed by atoms with Crippen molar-refractivity contribution >= 4 is 17.9 Å². The Labute approximate surface area is 280 Å². The molecule has 2 aromatic rings. The van der Waals surface area contributed by atoms with Gasteiger partial charge in [0.05, 0.1) is 25.2 Å². The standard InChI is InChI=1S/C38H55N3O6/c1-25(23-39-37(45)47-24-27-15-17-31(46-5)18-16-27)35(43)40-33(19-26-11-7-6-8-12-26)34(42)22-30-20-28-13-9-10-14-29(28)21-32(30)36(44)41-38(2,3)4/h6-8,11-12,15-18,25,28-30,32-34,42H,9-10,13-14,19-24H2,1-5H3,(H,39,45)(H,40,43)(H,41,44). The Balaban J connectivity index is 1.38. The van der Waals surface area contributed by atoms with E-state index in [4.69, 9.17) is 9.47 Å². The van der Waals surface area contributed by atoms with Gasteiger partial charge in [-0.1, -0.05) is 75.1 Å². The van der Waals surface area contributed by atoms with Crippen molar-refractivity contribution in [1.82, 2.24) is 16.0 Å². The van der Waals surface area contributed by atoms with Crippen LogP contribution in [0.5, 0.6) is 5.75 Å². The fourth-order valence-corrected chi connectivity index (χ4v) is 7.22. The molecule has 2 saturated carbocycles. The topological polar surface area (TPSA) is 126 Å². The summed E-state index contributed by atoms with van der Waals surface area (Å²) in [5, 5.41) is 20.8. The Kier molecular flexibility index (Phi) is 13.1. The van der Waals surface area contributed by atoms with Crippen molar-refractivity contribution in [3.63, 3.8) is 0 Å². The van der Waals surface area contributed by atoms with Gasteiger partial charge in [0.2, 0.25) is 11.8 Å². The molecule has 3 amide bonds. The predicted octanol–water partition coefficient (Wildman–Crippen LogP) is 5.78. The summed E-state index contributed by atoms with van der Waals surface area (Å²) < 4.78 is 10.5. The zero-order chi connectivity index (χ0) is 34.0. The molecule has 0 spiro atoms. The monoisotopic (exact) mass is 649 g/mol. The number of alkyl carbamates (subject to hydrolysis) is 1. The number of aliphatic hydroxyl groups excluding tert-OH is 1. The lowest BCUT2D eigenvalue weighted by atomic mass is 9.62. The first kappa shape index (κ1) is 36.2. The number of aliphatic hydroxyl groups is 1. The molecule has 4 N–H and O–H groups in total. The second-order valence-electron chi connectivity index (χ2n) is 14.7. The van der Waals surface area contributed by atoms with Gasteiger partial charge in [0, 0.05) is 18.0 Å². The number of benzene rings is 2. The highest BCUT2D eigenvalue weighted by molar-refractivity contribution is 5.80. The van der Waals surface area contributed by atoms with E-state index >= 15 is 0 Å². The third kappa shape index (κ3) is 11.3. The summed E-state index contributed by atoms with van der Waals surface area (Å²) in [5.41, 5.74) is 1.49. The molecule has 0 aromatic heterocycles. The zero-order valence-electron chi connectivity index (χ0n) is 28.8. The van der Waals surface area contributed by atoms with Crippen LogP contribution in [0.25, 0.3) is 0 Å². The highest BCUT2D eigenvalue weighted by atomic mass is 16.5. The second kappa shape index (κ2) is 17.0. The van der Waals surface area contributed by atoms with E-state index in [0.717, 1.165) is 29.7 Å². The molecule has 7 unspecified atom stereocenters. The van der Waals surface area contributed by atoms with Crippen LogP contribution in [0.2, 0.25) is 0 Å². The first-order valence-corrected chi connectivity index (χ1v) is 17.3. The molecule has 0 saturated heterocycles. The first-order chi connectivity index (χ1) is 22.4. The first-order valence-electron chi connectivity index (χ1n) is 17.3. The number of hydrogen-bond acceptors (Lipinski definition) is 6. The van der Waals surface area contributed by atoms with Crippen LogP contribution in [0.1, 0.15) is 83.8 Å². The van der Waals surface area contributed by atoms with Crippen molar-refractivity contribution in [2.75, 3.05) is 13.7 Å². The molecular weight excluding hydrogens is 594 g/mol. The number of amides is 3. The molecule has 0 radical (unpaired) electrons. The quantitative estimate of drug-likeness (QED) is 0.218. The lowest BCUT2D eigenvalue weighted by molar-refractivity contribution is -0.132. The molecule has 0 aliphatic heterocycles. The number of carbonyl (C=O) groups is 3. The van der Waals surface area contributed by atoms with Gasteiger partial charge in [0.25, 0.3) is 0 Å². The maximum absolute atomic E-state index is 13.6. The van der Waals surface area contributed by atoms with Gasteiger partial charge in [-0.25, -0.2) is 4.79 Å². The van der Waals surface area contributed by atoms with Gasteiger partial charge in [0.15, 0.2) is 0 Å². The van der Waals surface area contributed by atoms with E-state index in [2.05, 4.69) is 16.0 Å². The normalized spacial score (nSPS) is 22.9. The van der Waals surface area contributed by atoms with E-state index in [1.807, 2.05) is 63.2 Å². The molecule has 47 heavy (non-hydrogen) atoms. The van der Waals surface area contributed by atoms with Crippen LogP contribution in [0.3, 0.4) is 0 Å². The van der Waals surface area contributed by atoms with Crippen LogP contribution >= 0.6 is 0 Å². The van der Waals surface area contributed by atoms with E-state index in [1.54, 1.807) is 26.2 Å². The zero-order valence-corrected chi connectivity index (χ0v) is 28.8. The van der Waals surface area contributed by atoms with Crippen molar-refractivity contribution in [2.45, 2.75) is 103 Å². The van der Waals surface area contributed by atoms with Gasteiger partial charge in [0.1, 0.15) is 12.4 Å². The van der Waals surface area contributed by atoms with Crippen molar-refractivity contribution < 1.29 is 29.0 Å². The van der Waals surface area contributed by atoms with Gasteiger partial charge in [-0.3, -0.25) is 9.59 Å². The van der Waals surface area contributed by atoms with Crippen LogP contribution in [-0.4, -0.2) is 54.4 Å². The number of hydrogen-bond donors (Lipinski definition) is 4. The van der Waals surface area contributed by atoms with Crippen molar-refractivity contribution in [3.8, 4) is 5.75 Å². The van der Waals surface area contributed by atoms with Crippen molar-refractivity contribution in [1.29, 1.82) is 0 Å². The lowest BCUT2D eigenvalue weighted by Gasteiger charge is -2.45. The van der Waals surface area contributed by atoms with E-state index in [9.17, 15) is 19.5 Å². The smallest absolute Gasteiger partial charge is 0.407 e. The minimum Gasteiger partial charge on any atom is -0.497 e. The molecule has 2 aromatic carbocycles. The molecule has 7 atom stereocenters. The molecule has 4 rings (SSSR count). The fraction of sp³-hybridized carbons (Fsp3) is 0.605. The SMILES string of the molecule is COc1ccc(COC(=O)NCC(C)C(=O)NC(Cc2ccccc2)C(O)CC2CC3CCCCC3CC2C(=O)NC(C)(C)C)cc1. The minimum atomic E-state index is -0.844. The highest BCUT2D eigenvalue weighted by Crippen LogP contribution is 2.47. The molecule has 2 fully saturated rings. The minimum absolute atomic E-state index is 0.0291. The van der Waals surface area contributed by atoms with E-state index in [0.29, 0.717) is 24.7 Å². The molecule has 0 heterocycles. The Hall–Kier alpha value is -3.59. The summed E-state index contributed by atoms with van der Waals surface area (Å²) >= 11 is 0. The third-order valence-electron chi connectivity index (χ3n) is 9.80. The third-order valence-corrected chi connectivity index (χ3v) is 9.80. The maximum Gasteiger partial charge on any atom is 0.407 e. The molecule has 0 bridgehead atoms. The summed E-state index contributed by atoms with van der Waals surface area (Å²) in [6.07, 6.45) is 6.02. The summed E-state index contributed by atoms with van der Waals surface area (Å²) in [6, 6.07) is 16.5. The van der Waals surface area contributed by atoms with E-state index in [1.165, 1.54) is 25.7 Å². The largest absolute Gasteiger partial charge is 0.497 e. The molecule has 2 aliphatic carbocycles. The average Bonchev–Trinajstić information content (AvgIpc) is 3.05. The van der Waals surface area contributed by atoms with Crippen LogP contribution in [-0.2, 0) is 27.4 Å². The fourth-order valence-electron chi connectivity index (χ4n) is 7.22. The lowest BCUT2D eigenvalue weighted by Crippen LogP contribution is -2.51. The van der Waals surface area contributed by atoms with Crippen LogP contribution in [0.15, 0.2) is 54.6 Å². The Bertz CT molecular complexity index is 1290. The van der Waals surface area contributed by atoms with Crippen LogP contribution in [0, 0.1) is 29.6 Å². The van der Waals surface area contributed by atoms with Crippen molar-refractivity contribution in [3.05, 3.63) is 65.7 Å². The Morgan fingerprint density at radius 1 is 0.936 bits per heavy atom. The summed E-state index contributed by atoms with van der Waals surface area (Å²) in [5.74, 6) is 0.971. The number of ether oxygens (including phenoxy) is 2. The number of carbonyl (C=O) groups excluding carboxylic acids is 3.